The third kappa shape index (κ3) is 4.54. The maximum Gasteiger partial charge on any atom is 0.341 e. The van der Waals surface area contributed by atoms with Gasteiger partial charge in [-0.05, 0) is 40.2 Å². The number of carbonyl (C=O) groups is 2. The normalized spacial score (nSPS) is 10.8. The zero-order valence-electron chi connectivity index (χ0n) is 18.5. The Bertz CT molecular complexity index is 1190. The summed E-state index contributed by atoms with van der Waals surface area (Å²) in [7, 11) is 0. The third-order valence-electron chi connectivity index (χ3n) is 4.98. The zero-order chi connectivity index (χ0) is 23.6. The number of nitrogens with one attached hydrogen (secondary N) is 1. The Morgan fingerprint density at radius 3 is 2.41 bits per heavy atom. The van der Waals surface area contributed by atoms with E-state index in [1.54, 1.807) is 13.8 Å². The second kappa shape index (κ2) is 9.31. The van der Waals surface area contributed by atoms with Crippen molar-refractivity contribution < 1.29 is 19.2 Å². The van der Waals surface area contributed by atoms with Gasteiger partial charge in [-0.1, -0.05) is 29.8 Å². The second-order valence-corrected chi connectivity index (χ2v) is 8.53. The van der Waals surface area contributed by atoms with Crippen molar-refractivity contribution in [3.63, 3.8) is 0 Å². The van der Waals surface area contributed by atoms with Crippen LogP contribution in [0.2, 0.25) is 0 Å². The average molecular weight is 457 g/mol. The standard InChI is InChI=1S/C22H24N4O5S/c1-6-31-22(28)19-18(16-9-7-12(2)8-10-16)15(5)32-21(19)23-17(27)11-25-14(4)20(26(29)30)13(3)24-25/h7-10H,6,11H2,1-5H3,(H,23,27). The quantitative estimate of drug-likeness (QED) is 0.316. The van der Waals surface area contributed by atoms with Crippen LogP contribution in [0.15, 0.2) is 24.3 Å². The highest BCUT2D eigenvalue weighted by Crippen LogP contribution is 2.40. The summed E-state index contributed by atoms with van der Waals surface area (Å²) in [5.74, 6) is -0.975. The molecule has 0 saturated carbocycles. The lowest BCUT2D eigenvalue weighted by Crippen LogP contribution is -2.21. The summed E-state index contributed by atoms with van der Waals surface area (Å²) in [6, 6.07) is 7.76. The summed E-state index contributed by atoms with van der Waals surface area (Å²) >= 11 is 1.28. The zero-order valence-corrected chi connectivity index (χ0v) is 19.3. The molecule has 1 aromatic carbocycles. The van der Waals surface area contributed by atoms with E-state index < -0.39 is 16.8 Å². The molecule has 0 radical (unpaired) electrons. The smallest absolute Gasteiger partial charge is 0.341 e. The SMILES string of the molecule is CCOC(=O)c1c(NC(=O)Cn2nc(C)c([N+](=O)[O-])c2C)sc(C)c1-c1ccc(C)cc1. The van der Waals surface area contributed by atoms with E-state index in [-0.39, 0.29) is 30.2 Å². The van der Waals surface area contributed by atoms with Crippen LogP contribution in [0.4, 0.5) is 10.7 Å². The number of amides is 1. The van der Waals surface area contributed by atoms with E-state index in [2.05, 4.69) is 10.4 Å². The fourth-order valence-corrected chi connectivity index (χ4v) is 4.59. The number of ether oxygens (including phenoxy) is 1. The molecule has 0 bridgehead atoms. The highest BCUT2D eigenvalue weighted by molar-refractivity contribution is 7.17. The van der Waals surface area contributed by atoms with Crippen molar-refractivity contribution in [3.05, 3.63) is 61.8 Å². The van der Waals surface area contributed by atoms with Gasteiger partial charge in [0, 0.05) is 10.4 Å². The van der Waals surface area contributed by atoms with E-state index in [4.69, 9.17) is 4.74 Å². The molecule has 0 saturated heterocycles. The molecule has 9 nitrogen and oxygen atoms in total. The van der Waals surface area contributed by atoms with Gasteiger partial charge in [0.2, 0.25) is 5.91 Å². The minimum Gasteiger partial charge on any atom is -0.462 e. The van der Waals surface area contributed by atoms with Crippen LogP contribution in [-0.4, -0.2) is 33.2 Å². The van der Waals surface area contributed by atoms with Crippen molar-refractivity contribution in [1.29, 1.82) is 0 Å². The van der Waals surface area contributed by atoms with E-state index in [0.29, 0.717) is 16.1 Å². The van der Waals surface area contributed by atoms with Crippen molar-refractivity contribution in [2.45, 2.75) is 41.2 Å². The minimum absolute atomic E-state index is 0.112. The first-order chi connectivity index (χ1) is 15.1. The number of benzene rings is 1. The summed E-state index contributed by atoms with van der Waals surface area (Å²) in [5, 5.41) is 18.5. The molecule has 2 aromatic heterocycles. The van der Waals surface area contributed by atoms with Crippen molar-refractivity contribution in [2.75, 3.05) is 11.9 Å². The topological polar surface area (TPSA) is 116 Å². The molecular weight excluding hydrogens is 432 g/mol. The molecule has 0 unspecified atom stereocenters. The molecule has 10 heteroatoms. The van der Waals surface area contributed by atoms with Gasteiger partial charge in [0.1, 0.15) is 28.5 Å². The fourth-order valence-electron chi connectivity index (χ4n) is 3.51. The molecule has 3 rings (SSSR count). The molecule has 0 spiro atoms. The molecule has 32 heavy (non-hydrogen) atoms. The first-order valence-corrected chi connectivity index (χ1v) is 10.8. The monoisotopic (exact) mass is 456 g/mol. The number of aryl methyl sites for hydroxylation is 3. The van der Waals surface area contributed by atoms with Crippen molar-refractivity contribution in [2.24, 2.45) is 0 Å². The maximum atomic E-state index is 12.8. The number of esters is 1. The van der Waals surface area contributed by atoms with Crippen LogP contribution in [0.1, 0.15) is 39.1 Å². The number of rotatable bonds is 7. The number of carbonyl (C=O) groups excluding carboxylic acids is 2. The Morgan fingerprint density at radius 1 is 1.19 bits per heavy atom. The molecule has 168 valence electrons. The van der Waals surface area contributed by atoms with Crippen molar-refractivity contribution >= 4 is 33.9 Å². The molecule has 0 aliphatic carbocycles. The largest absolute Gasteiger partial charge is 0.462 e. The van der Waals surface area contributed by atoms with Crippen LogP contribution >= 0.6 is 11.3 Å². The summed E-state index contributed by atoms with van der Waals surface area (Å²) in [4.78, 5) is 37.1. The first kappa shape index (κ1) is 23.1. The Kier molecular flexibility index (Phi) is 6.73. The maximum absolute atomic E-state index is 12.8. The highest BCUT2D eigenvalue weighted by Gasteiger charge is 2.27. The number of aromatic nitrogens is 2. The van der Waals surface area contributed by atoms with Crippen LogP contribution in [0.3, 0.4) is 0 Å². The van der Waals surface area contributed by atoms with Gasteiger partial charge in [-0.3, -0.25) is 19.6 Å². The van der Waals surface area contributed by atoms with Gasteiger partial charge >= 0.3 is 11.7 Å². The van der Waals surface area contributed by atoms with E-state index in [1.165, 1.54) is 22.9 Å². The predicted molar refractivity (Wildman–Crippen MR) is 122 cm³/mol. The van der Waals surface area contributed by atoms with Gasteiger partial charge in [0.25, 0.3) is 0 Å². The van der Waals surface area contributed by atoms with Crippen LogP contribution in [-0.2, 0) is 16.1 Å². The Hall–Kier alpha value is -3.53. The van der Waals surface area contributed by atoms with Gasteiger partial charge in [-0.2, -0.15) is 5.10 Å². The average Bonchev–Trinajstić information content (AvgIpc) is 3.17. The highest BCUT2D eigenvalue weighted by atomic mass is 32.1. The number of thiophene rings is 1. The van der Waals surface area contributed by atoms with Gasteiger partial charge in [-0.25, -0.2) is 4.79 Å². The molecule has 1 N–H and O–H groups in total. The molecule has 0 atom stereocenters. The van der Waals surface area contributed by atoms with Gasteiger partial charge in [0.05, 0.1) is 11.5 Å². The minimum atomic E-state index is -0.524. The van der Waals surface area contributed by atoms with Crippen LogP contribution in [0, 0.1) is 37.8 Å². The fraction of sp³-hybridized carbons (Fsp3) is 0.318. The second-order valence-electron chi connectivity index (χ2n) is 7.31. The van der Waals surface area contributed by atoms with Crippen LogP contribution in [0.5, 0.6) is 0 Å². The molecule has 1 amide bonds. The third-order valence-corrected chi connectivity index (χ3v) is 6.00. The summed E-state index contributed by atoms with van der Waals surface area (Å²) in [6.07, 6.45) is 0. The number of hydrogen-bond donors (Lipinski definition) is 1. The van der Waals surface area contributed by atoms with Gasteiger partial charge < -0.3 is 10.1 Å². The molecule has 3 aromatic rings. The van der Waals surface area contributed by atoms with E-state index in [0.717, 1.165) is 16.0 Å². The van der Waals surface area contributed by atoms with E-state index >= 15 is 0 Å². The lowest BCUT2D eigenvalue weighted by Gasteiger charge is -2.10. The lowest BCUT2D eigenvalue weighted by atomic mass is 10.0. The van der Waals surface area contributed by atoms with Crippen molar-refractivity contribution in [1.82, 2.24) is 9.78 Å². The first-order valence-electron chi connectivity index (χ1n) is 9.99. The lowest BCUT2D eigenvalue weighted by molar-refractivity contribution is -0.386. The Morgan fingerprint density at radius 2 is 1.84 bits per heavy atom. The summed E-state index contributed by atoms with van der Waals surface area (Å²) in [5.41, 5.74) is 3.36. The Balaban J connectivity index is 1.96. The number of nitro groups is 1. The molecular formula is C22H24N4O5S. The van der Waals surface area contributed by atoms with Gasteiger partial charge in [-0.15, -0.1) is 11.3 Å². The number of hydrogen-bond acceptors (Lipinski definition) is 7. The van der Waals surface area contributed by atoms with Crippen molar-refractivity contribution in [3.8, 4) is 11.1 Å². The Labute approximate surface area is 189 Å². The molecule has 0 aliphatic rings. The van der Waals surface area contributed by atoms with Crippen LogP contribution < -0.4 is 5.32 Å². The summed E-state index contributed by atoms with van der Waals surface area (Å²) in [6.45, 7) is 8.61. The number of anilines is 1. The molecule has 0 aliphatic heterocycles. The molecule has 0 fully saturated rings. The van der Waals surface area contributed by atoms with Crippen LogP contribution in [0.25, 0.3) is 11.1 Å². The molecule has 2 heterocycles. The van der Waals surface area contributed by atoms with E-state index in [1.807, 2.05) is 38.1 Å². The van der Waals surface area contributed by atoms with Gasteiger partial charge in [0.15, 0.2) is 0 Å². The summed E-state index contributed by atoms with van der Waals surface area (Å²) < 4.78 is 6.54. The van der Waals surface area contributed by atoms with E-state index in [9.17, 15) is 19.7 Å². The predicted octanol–water partition coefficient (Wildman–Crippen LogP) is 4.57. The number of nitrogens with zero attached hydrogens (tertiary/aromatic N) is 3.